The molecule has 2 aromatic carbocycles. The van der Waals surface area contributed by atoms with E-state index >= 15 is 0 Å². The predicted octanol–water partition coefficient (Wildman–Crippen LogP) is 4.02. The number of rotatable bonds is 2. The maximum Gasteiger partial charge on any atom is 2.00 e. The Kier molecular flexibility index (Phi) is 12.7. The molecule has 0 spiro atoms. The van der Waals surface area contributed by atoms with Crippen molar-refractivity contribution in [1.29, 1.82) is 0 Å². The van der Waals surface area contributed by atoms with Gasteiger partial charge in [-0.05, 0) is 31.2 Å². The number of aromatic nitrogens is 6. The molecule has 0 N–H and O–H groups in total. The first kappa shape index (κ1) is 35.0. The van der Waals surface area contributed by atoms with Crippen LogP contribution >= 0.6 is 11.6 Å². The second-order valence-corrected chi connectivity index (χ2v) is 8.05. The van der Waals surface area contributed by atoms with Crippen LogP contribution in [0.25, 0.3) is 33.8 Å². The summed E-state index contributed by atoms with van der Waals surface area (Å²) >= 11 is 5.87. The molecule has 0 amide bonds. The Balaban J connectivity index is 0.000000364. The first-order valence-electron chi connectivity index (χ1n) is 10.5. The van der Waals surface area contributed by atoms with Gasteiger partial charge in [0.2, 0.25) is 0 Å². The number of benzene rings is 2. The van der Waals surface area contributed by atoms with E-state index in [1.807, 2.05) is 6.92 Å². The molecule has 13 heteroatoms. The largest absolute Gasteiger partial charge is 2.00 e. The van der Waals surface area contributed by atoms with Gasteiger partial charge in [-0.25, -0.2) is 32.5 Å². The van der Waals surface area contributed by atoms with Crippen LogP contribution in [0.5, 0.6) is 0 Å². The van der Waals surface area contributed by atoms with E-state index in [1.165, 1.54) is 30.5 Å². The van der Waals surface area contributed by atoms with Gasteiger partial charge in [0.05, 0.1) is 17.1 Å². The molecule has 4 aromatic heterocycles. The molecule has 40 heavy (non-hydrogen) atoms. The monoisotopic (exact) mass is 644 g/mol. The summed E-state index contributed by atoms with van der Waals surface area (Å²) in [6, 6.07) is 6.79. The summed E-state index contributed by atoms with van der Waals surface area (Å²) in [5.74, 6) is -2.51. The number of nitrogens with zero attached hydrogens (tertiary/aromatic N) is 6. The molecular formula is C27H22BrClF4MgN6. The van der Waals surface area contributed by atoms with E-state index in [4.69, 9.17) is 11.6 Å². The Morgan fingerprint density at radius 3 is 1.62 bits per heavy atom. The molecule has 0 fully saturated rings. The molecule has 0 saturated heterocycles. The Morgan fingerprint density at radius 2 is 1.18 bits per heavy atom. The fourth-order valence-corrected chi connectivity index (χ4v) is 3.79. The molecule has 0 aliphatic heterocycles. The van der Waals surface area contributed by atoms with E-state index in [0.717, 1.165) is 17.8 Å². The first-order chi connectivity index (χ1) is 17.3. The normalized spacial score (nSPS) is 9.95. The molecule has 4 heterocycles. The minimum Gasteiger partial charge on any atom is -1.00 e. The van der Waals surface area contributed by atoms with E-state index in [-0.39, 0.29) is 71.2 Å². The van der Waals surface area contributed by atoms with Gasteiger partial charge in [0.15, 0.2) is 16.4 Å². The zero-order valence-corrected chi connectivity index (χ0v) is 24.3. The molecular weight excluding hydrogens is 624 g/mol. The number of fused-ring (bicyclic) bond motifs is 2. The van der Waals surface area contributed by atoms with Crippen molar-refractivity contribution in [2.75, 3.05) is 0 Å². The van der Waals surface area contributed by atoms with Crippen LogP contribution in [-0.2, 0) is 0 Å². The summed E-state index contributed by atoms with van der Waals surface area (Å²) in [5, 5.41) is 0.228. The van der Waals surface area contributed by atoms with Gasteiger partial charge in [0.1, 0.15) is 23.3 Å². The third kappa shape index (κ3) is 7.17. The minimum absolute atomic E-state index is 0. The van der Waals surface area contributed by atoms with Crippen LogP contribution in [-0.4, -0.2) is 51.8 Å². The second-order valence-electron chi connectivity index (χ2n) is 7.69. The molecule has 6 aromatic rings. The standard InChI is InChI=1S/C13H9F2N3.C12H6ClF2N3.CH4.CH3.BrH.Mg/c1-8-13-17-12(7-18(13)5-4-16-8)10-3-2-9(14)6-11(10)15;13-11-12-17-10(6-18(12)4-3-16-11)8-2-1-7(14)5-9(8)15;;;;/h2-7H,1H3;1-6H;1H4;1H3;1H;/q;;;-1;;+2/p-1. The Bertz CT molecular complexity index is 1620. The molecule has 0 atom stereocenters. The van der Waals surface area contributed by atoms with Gasteiger partial charge >= 0.3 is 23.1 Å². The van der Waals surface area contributed by atoms with Gasteiger partial charge in [-0.15, -0.1) is 0 Å². The molecule has 6 rings (SSSR count). The van der Waals surface area contributed by atoms with Gasteiger partial charge in [-0.2, -0.15) is 0 Å². The summed E-state index contributed by atoms with van der Waals surface area (Å²) in [6.45, 7) is 1.83. The molecule has 0 unspecified atom stereocenters. The summed E-state index contributed by atoms with van der Waals surface area (Å²) in [6.07, 6.45) is 9.86. The van der Waals surface area contributed by atoms with Crippen molar-refractivity contribution in [3.63, 3.8) is 0 Å². The Morgan fingerprint density at radius 1 is 0.725 bits per heavy atom. The van der Waals surface area contributed by atoms with Crippen LogP contribution in [0.1, 0.15) is 13.1 Å². The van der Waals surface area contributed by atoms with Crippen LogP contribution < -0.4 is 17.0 Å². The quantitative estimate of drug-likeness (QED) is 0.162. The average Bonchev–Trinajstić information content (AvgIpc) is 3.46. The minimum atomic E-state index is -0.664. The van der Waals surface area contributed by atoms with Crippen molar-refractivity contribution < 1.29 is 34.5 Å². The van der Waals surface area contributed by atoms with Crippen molar-refractivity contribution in [1.82, 2.24) is 28.7 Å². The summed E-state index contributed by atoms with van der Waals surface area (Å²) in [7, 11) is 0. The van der Waals surface area contributed by atoms with Crippen LogP contribution in [0.4, 0.5) is 17.6 Å². The van der Waals surface area contributed by atoms with Gasteiger partial charge in [0.25, 0.3) is 0 Å². The molecule has 0 aliphatic rings. The van der Waals surface area contributed by atoms with Crippen LogP contribution in [0, 0.1) is 37.6 Å². The van der Waals surface area contributed by atoms with E-state index in [1.54, 1.807) is 39.8 Å². The average molecular weight is 646 g/mol. The fraction of sp³-hybridized carbons (Fsp3) is 0.0741. The topological polar surface area (TPSA) is 60.4 Å². The van der Waals surface area contributed by atoms with Crippen molar-refractivity contribution >= 4 is 45.9 Å². The fourth-order valence-electron chi connectivity index (χ4n) is 3.59. The smallest absolute Gasteiger partial charge is 1.00 e. The number of hydrogen-bond acceptors (Lipinski definition) is 4. The number of hydrogen-bond donors (Lipinski definition) is 0. The SMILES string of the molecule is C.Cc1nccn2cc(-c3ccc(F)cc3F)nc12.Fc1ccc(-c2cn3ccnc(Cl)c3n2)c(F)c1.[Br-].[CH3-].[Mg+2]. The molecule has 0 aliphatic carbocycles. The number of aryl methyl sites for hydroxylation is 1. The zero-order valence-electron chi connectivity index (χ0n) is 20.6. The number of imidazole rings is 2. The Hall–Kier alpha value is -3.06. The summed E-state index contributed by atoms with van der Waals surface area (Å²) in [5.41, 5.74) is 3.18. The molecule has 6 nitrogen and oxygen atoms in total. The van der Waals surface area contributed by atoms with Gasteiger partial charge in [-0.1, -0.05) is 19.0 Å². The van der Waals surface area contributed by atoms with Crippen LogP contribution in [0.2, 0.25) is 5.15 Å². The maximum atomic E-state index is 13.7. The first-order valence-corrected chi connectivity index (χ1v) is 10.9. The van der Waals surface area contributed by atoms with Gasteiger partial charge in [0, 0.05) is 60.4 Å². The van der Waals surface area contributed by atoms with Crippen LogP contribution in [0.3, 0.4) is 0 Å². The second kappa shape index (κ2) is 14.5. The van der Waals surface area contributed by atoms with Crippen molar-refractivity contribution in [3.05, 3.63) is 115 Å². The molecule has 204 valence electrons. The van der Waals surface area contributed by atoms with E-state index in [2.05, 4.69) is 19.9 Å². The molecule has 0 saturated carbocycles. The summed E-state index contributed by atoms with van der Waals surface area (Å²) in [4.78, 5) is 16.5. The third-order valence-corrected chi connectivity index (χ3v) is 5.56. The van der Waals surface area contributed by atoms with Crippen molar-refractivity contribution in [2.45, 2.75) is 14.4 Å². The molecule has 0 bridgehead atoms. The zero-order chi connectivity index (χ0) is 25.4. The van der Waals surface area contributed by atoms with Crippen molar-refractivity contribution in [2.24, 2.45) is 0 Å². The third-order valence-electron chi connectivity index (χ3n) is 5.30. The summed E-state index contributed by atoms with van der Waals surface area (Å²) < 4.78 is 56.4. The maximum absolute atomic E-state index is 13.7. The van der Waals surface area contributed by atoms with Gasteiger partial charge < -0.3 is 33.2 Å². The van der Waals surface area contributed by atoms with E-state index in [9.17, 15) is 17.6 Å². The predicted molar refractivity (Wildman–Crippen MR) is 145 cm³/mol. The Labute approximate surface area is 260 Å². The number of halogens is 6. The van der Waals surface area contributed by atoms with Crippen LogP contribution in [0.15, 0.2) is 73.6 Å². The van der Waals surface area contributed by atoms with Gasteiger partial charge in [-0.3, -0.25) is 4.98 Å². The van der Waals surface area contributed by atoms with E-state index < -0.39 is 23.3 Å². The van der Waals surface area contributed by atoms with E-state index in [0.29, 0.717) is 22.7 Å². The molecule has 0 radical (unpaired) electrons. The van der Waals surface area contributed by atoms with Crippen molar-refractivity contribution in [3.8, 4) is 22.5 Å².